The topological polar surface area (TPSA) is 83.5 Å². The number of carbonyl (C=O) groups is 1. The van der Waals surface area contributed by atoms with Crippen LogP contribution in [0.1, 0.15) is 12.8 Å². The first kappa shape index (κ1) is 14.7. The first-order valence-electron chi connectivity index (χ1n) is 4.97. The molecule has 2 N–H and O–H groups in total. The van der Waals surface area contributed by atoms with Gasteiger partial charge in [-0.1, -0.05) is 11.6 Å². The predicted octanol–water partition coefficient (Wildman–Crippen LogP) is 2.09. The largest absolute Gasteiger partial charge is 0.481 e. The molecule has 0 fully saturated rings. The fourth-order valence-corrected chi connectivity index (χ4v) is 2.58. The lowest BCUT2D eigenvalue weighted by Gasteiger charge is -2.07. The van der Waals surface area contributed by atoms with Crippen LogP contribution in [0.2, 0.25) is 5.02 Å². The Hall–Kier alpha value is -1.34. The molecule has 0 unspecified atom stereocenters. The van der Waals surface area contributed by atoms with Crippen molar-refractivity contribution in [2.45, 2.75) is 12.8 Å². The van der Waals surface area contributed by atoms with Crippen molar-refractivity contribution in [1.29, 1.82) is 0 Å². The summed E-state index contributed by atoms with van der Waals surface area (Å²) in [7, 11) is -3.70. The highest BCUT2D eigenvalue weighted by Crippen LogP contribution is 2.19. The lowest BCUT2D eigenvalue weighted by Crippen LogP contribution is -2.17. The van der Waals surface area contributed by atoms with E-state index in [4.69, 9.17) is 16.7 Å². The molecule has 0 aliphatic rings. The van der Waals surface area contributed by atoms with E-state index in [2.05, 4.69) is 4.72 Å². The van der Waals surface area contributed by atoms with Gasteiger partial charge in [0, 0.05) is 11.4 Å². The first-order chi connectivity index (χ1) is 8.28. The van der Waals surface area contributed by atoms with Gasteiger partial charge in [-0.15, -0.1) is 0 Å². The molecule has 100 valence electrons. The van der Waals surface area contributed by atoms with E-state index >= 15 is 0 Å². The number of halogens is 2. The molecule has 0 saturated heterocycles. The highest BCUT2D eigenvalue weighted by molar-refractivity contribution is 7.92. The second-order valence-electron chi connectivity index (χ2n) is 3.58. The van der Waals surface area contributed by atoms with Crippen LogP contribution in [0, 0.1) is 5.82 Å². The Bertz CT molecular complexity index is 527. The maximum absolute atomic E-state index is 13.0. The third kappa shape index (κ3) is 5.33. The zero-order chi connectivity index (χ0) is 13.8. The molecule has 0 aromatic heterocycles. The molecule has 0 spiro atoms. The molecule has 0 amide bonds. The van der Waals surface area contributed by atoms with Crippen LogP contribution in [-0.2, 0) is 14.8 Å². The molecule has 0 aliphatic heterocycles. The fraction of sp³-hybridized carbons (Fsp3) is 0.300. The van der Waals surface area contributed by atoms with E-state index in [0.717, 1.165) is 12.1 Å². The van der Waals surface area contributed by atoms with E-state index < -0.39 is 21.8 Å². The summed E-state index contributed by atoms with van der Waals surface area (Å²) in [5.41, 5.74) is 0.00956. The molecule has 0 bridgehead atoms. The summed E-state index contributed by atoms with van der Waals surface area (Å²) in [6.07, 6.45) is -0.265. The number of rotatable bonds is 6. The molecule has 0 radical (unpaired) electrons. The van der Waals surface area contributed by atoms with Gasteiger partial charge in [-0.3, -0.25) is 9.52 Å². The van der Waals surface area contributed by atoms with Gasteiger partial charge < -0.3 is 5.11 Å². The number of aliphatic carboxylic acids is 1. The molecule has 5 nitrogen and oxygen atoms in total. The normalized spacial score (nSPS) is 11.2. The average molecular weight is 296 g/mol. The van der Waals surface area contributed by atoms with Crippen LogP contribution in [0.5, 0.6) is 0 Å². The summed E-state index contributed by atoms with van der Waals surface area (Å²) < 4.78 is 38.2. The highest BCUT2D eigenvalue weighted by Gasteiger charge is 2.12. The van der Waals surface area contributed by atoms with Crippen LogP contribution < -0.4 is 4.72 Å². The molecular weight excluding hydrogens is 285 g/mol. The van der Waals surface area contributed by atoms with Crippen molar-refractivity contribution in [3.8, 4) is 0 Å². The zero-order valence-corrected chi connectivity index (χ0v) is 10.8. The number of carboxylic acid groups (broad SMARTS) is 1. The summed E-state index contributed by atoms with van der Waals surface area (Å²) in [6.45, 7) is 0. The fourth-order valence-electron chi connectivity index (χ4n) is 1.26. The Morgan fingerprint density at radius 1 is 1.39 bits per heavy atom. The van der Waals surface area contributed by atoms with Crippen molar-refractivity contribution in [1.82, 2.24) is 0 Å². The van der Waals surface area contributed by atoms with Crippen LogP contribution >= 0.6 is 11.6 Å². The summed E-state index contributed by atoms with van der Waals surface area (Å²) >= 11 is 5.57. The number of benzene rings is 1. The third-order valence-corrected chi connectivity index (χ3v) is 3.53. The number of nitrogens with one attached hydrogen (secondary N) is 1. The maximum Gasteiger partial charge on any atom is 0.303 e. The zero-order valence-electron chi connectivity index (χ0n) is 9.19. The molecule has 1 aromatic carbocycles. The van der Waals surface area contributed by atoms with Crippen LogP contribution in [-0.4, -0.2) is 25.2 Å². The minimum Gasteiger partial charge on any atom is -0.481 e. The number of hydrogen-bond acceptors (Lipinski definition) is 3. The van der Waals surface area contributed by atoms with Crippen molar-refractivity contribution in [2.75, 3.05) is 10.5 Å². The quantitative estimate of drug-likeness (QED) is 0.841. The van der Waals surface area contributed by atoms with Crippen LogP contribution in [0.25, 0.3) is 0 Å². The van der Waals surface area contributed by atoms with E-state index in [1.165, 1.54) is 6.07 Å². The number of carboxylic acids is 1. The lowest BCUT2D eigenvalue weighted by atomic mass is 10.3. The van der Waals surface area contributed by atoms with Gasteiger partial charge in [0.25, 0.3) is 0 Å². The van der Waals surface area contributed by atoms with E-state index in [1.807, 2.05) is 0 Å². The maximum atomic E-state index is 13.0. The van der Waals surface area contributed by atoms with Crippen molar-refractivity contribution < 1.29 is 22.7 Å². The van der Waals surface area contributed by atoms with Gasteiger partial charge in [0.2, 0.25) is 10.0 Å². The highest BCUT2D eigenvalue weighted by atomic mass is 35.5. The van der Waals surface area contributed by atoms with Gasteiger partial charge in [0.15, 0.2) is 0 Å². The van der Waals surface area contributed by atoms with Crippen molar-refractivity contribution in [2.24, 2.45) is 0 Å². The van der Waals surface area contributed by atoms with Gasteiger partial charge in [0.1, 0.15) is 5.82 Å². The van der Waals surface area contributed by atoms with Crippen LogP contribution in [0.3, 0.4) is 0 Å². The molecule has 0 aliphatic carbocycles. The summed E-state index contributed by atoms with van der Waals surface area (Å²) in [5, 5.41) is 8.46. The number of hydrogen-bond donors (Lipinski definition) is 2. The average Bonchev–Trinajstić information content (AvgIpc) is 2.12. The van der Waals surface area contributed by atoms with Gasteiger partial charge in [0.05, 0.1) is 11.4 Å². The van der Waals surface area contributed by atoms with Gasteiger partial charge in [-0.2, -0.15) is 0 Å². The van der Waals surface area contributed by atoms with E-state index in [1.54, 1.807) is 0 Å². The molecule has 0 heterocycles. The molecule has 1 rings (SSSR count). The molecule has 1 aromatic rings. The van der Waals surface area contributed by atoms with Crippen LogP contribution in [0.4, 0.5) is 10.1 Å². The van der Waals surface area contributed by atoms with E-state index in [-0.39, 0.29) is 29.3 Å². The minimum absolute atomic E-state index is 0.00956. The summed E-state index contributed by atoms with van der Waals surface area (Å²) in [5.74, 6) is -2.09. The Balaban J connectivity index is 2.67. The molecule has 0 atom stereocenters. The third-order valence-electron chi connectivity index (χ3n) is 1.94. The van der Waals surface area contributed by atoms with E-state index in [0.29, 0.717) is 0 Å². The van der Waals surface area contributed by atoms with Crippen molar-refractivity contribution >= 4 is 33.3 Å². The van der Waals surface area contributed by atoms with Crippen LogP contribution in [0.15, 0.2) is 18.2 Å². The minimum atomic E-state index is -3.70. The Morgan fingerprint density at radius 2 is 2.06 bits per heavy atom. The second kappa shape index (κ2) is 6.01. The smallest absolute Gasteiger partial charge is 0.303 e. The van der Waals surface area contributed by atoms with Gasteiger partial charge >= 0.3 is 5.97 Å². The lowest BCUT2D eigenvalue weighted by molar-refractivity contribution is -0.137. The first-order valence-corrected chi connectivity index (χ1v) is 7.00. The molecule has 0 saturated carbocycles. The van der Waals surface area contributed by atoms with Gasteiger partial charge in [-0.05, 0) is 24.6 Å². The molecule has 18 heavy (non-hydrogen) atoms. The molecule has 8 heteroatoms. The SMILES string of the molecule is O=C(O)CCCS(=O)(=O)Nc1cc(F)cc(Cl)c1. The Labute approximate surface area is 109 Å². The Kier molecular flexibility index (Phi) is 4.92. The summed E-state index contributed by atoms with van der Waals surface area (Å²) in [6, 6.07) is 3.30. The van der Waals surface area contributed by atoms with Crippen molar-refractivity contribution in [3.63, 3.8) is 0 Å². The number of sulfonamides is 1. The van der Waals surface area contributed by atoms with Gasteiger partial charge in [-0.25, -0.2) is 12.8 Å². The molecular formula is C10H11ClFNO4S. The number of anilines is 1. The predicted molar refractivity (Wildman–Crippen MR) is 65.7 cm³/mol. The second-order valence-corrected chi connectivity index (χ2v) is 5.85. The Morgan fingerprint density at radius 3 is 2.61 bits per heavy atom. The van der Waals surface area contributed by atoms with Crippen molar-refractivity contribution in [3.05, 3.63) is 29.0 Å². The van der Waals surface area contributed by atoms with E-state index in [9.17, 15) is 17.6 Å². The monoisotopic (exact) mass is 295 g/mol. The standard InChI is InChI=1S/C10H11ClFNO4S/c11-7-4-8(12)6-9(5-7)13-18(16,17)3-1-2-10(14)15/h4-6,13H,1-3H2,(H,14,15). The summed E-state index contributed by atoms with van der Waals surface area (Å²) in [4.78, 5) is 10.3.